The molecule has 0 saturated carbocycles. The lowest BCUT2D eigenvalue weighted by molar-refractivity contribution is 0.537. The summed E-state index contributed by atoms with van der Waals surface area (Å²) in [5, 5.41) is 8.19. The molecule has 1 heterocycles. The third-order valence-electron chi connectivity index (χ3n) is 0.957. The van der Waals surface area contributed by atoms with Crippen molar-refractivity contribution in [1.29, 1.82) is 5.26 Å². The second kappa shape index (κ2) is 2.87. The van der Waals surface area contributed by atoms with Crippen LogP contribution in [0.5, 0.6) is 0 Å². The van der Waals surface area contributed by atoms with Gasteiger partial charge in [0.25, 0.3) is 0 Å². The maximum absolute atomic E-state index is 12.0. The first-order valence-corrected chi connectivity index (χ1v) is 2.66. The SMILES string of the molecule is N#CCc1cnc(F)nc1. The van der Waals surface area contributed by atoms with E-state index in [0.717, 1.165) is 0 Å². The fourth-order valence-electron chi connectivity index (χ4n) is 0.522. The Labute approximate surface area is 57.2 Å². The molecule has 0 aliphatic carbocycles. The van der Waals surface area contributed by atoms with E-state index in [1.54, 1.807) is 0 Å². The van der Waals surface area contributed by atoms with Crippen LogP contribution in [0.25, 0.3) is 0 Å². The Hall–Kier alpha value is -1.50. The summed E-state index contributed by atoms with van der Waals surface area (Å²) in [6, 6.07) is 1.90. The zero-order valence-electron chi connectivity index (χ0n) is 5.08. The Bertz CT molecular complexity index is 249. The van der Waals surface area contributed by atoms with Gasteiger partial charge in [0.15, 0.2) is 0 Å². The van der Waals surface area contributed by atoms with Crippen molar-refractivity contribution in [2.24, 2.45) is 0 Å². The van der Waals surface area contributed by atoms with Crippen LogP contribution in [0, 0.1) is 17.4 Å². The fourth-order valence-corrected chi connectivity index (χ4v) is 0.522. The molecule has 3 nitrogen and oxygen atoms in total. The maximum Gasteiger partial charge on any atom is 0.308 e. The molecule has 50 valence electrons. The van der Waals surface area contributed by atoms with E-state index < -0.39 is 6.08 Å². The van der Waals surface area contributed by atoms with Crippen LogP contribution in [0.15, 0.2) is 12.4 Å². The van der Waals surface area contributed by atoms with Gasteiger partial charge < -0.3 is 0 Å². The molecular weight excluding hydrogens is 133 g/mol. The summed E-state index contributed by atoms with van der Waals surface area (Å²) < 4.78 is 12.0. The minimum absolute atomic E-state index is 0.222. The van der Waals surface area contributed by atoms with Gasteiger partial charge in [-0.15, -0.1) is 0 Å². The summed E-state index contributed by atoms with van der Waals surface area (Å²) >= 11 is 0. The molecule has 0 saturated heterocycles. The highest BCUT2D eigenvalue weighted by Crippen LogP contribution is 1.94. The second-order valence-corrected chi connectivity index (χ2v) is 1.70. The molecular formula is C6H4FN3. The van der Waals surface area contributed by atoms with Crippen molar-refractivity contribution in [2.45, 2.75) is 6.42 Å². The Kier molecular flexibility index (Phi) is 1.90. The molecule has 10 heavy (non-hydrogen) atoms. The van der Waals surface area contributed by atoms with Crippen LogP contribution in [0.2, 0.25) is 0 Å². The van der Waals surface area contributed by atoms with Gasteiger partial charge in [-0.2, -0.15) is 9.65 Å². The van der Waals surface area contributed by atoms with Gasteiger partial charge in [-0.3, -0.25) is 0 Å². The number of hydrogen-bond acceptors (Lipinski definition) is 3. The third kappa shape index (κ3) is 1.49. The molecule has 0 aromatic carbocycles. The van der Waals surface area contributed by atoms with E-state index >= 15 is 0 Å². The summed E-state index contributed by atoms with van der Waals surface area (Å²) in [7, 11) is 0. The zero-order valence-corrected chi connectivity index (χ0v) is 5.08. The van der Waals surface area contributed by atoms with Crippen molar-refractivity contribution in [3.05, 3.63) is 24.0 Å². The normalized spacial score (nSPS) is 8.80. The Balaban J connectivity index is 2.81. The molecule has 1 aromatic heterocycles. The summed E-state index contributed by atoms with van der Waals surface area (Å²) in [6.07, 6.45) is 2.05. The minimum Gasteiger partial charge on any atom is -0.210 e. The second-order valence-electron chi connectivity index (χ2n) is 1.70. The quantitative estimate of drug-likeness (QED) is 0.535. The number of rotatable bonds is 1. The van der Waals surface area contributed by atoms with Crippen LogP contribution in [0.4, 0.5) is 4.39 Å². The molecule has 0 unspecified atom stereocenters. The van der Waals surface area contributed by atoms with E-state index in [4.69, 9.17) is 5.26 Å². The lowest BCUT2D eigenvalue weighted by Crippen LogP contribution is -1.90. The molecule has 0 aliphatic rings. The van der Waals surface area contributed by atoms with Gasteiger partial charge in [0.2, 0.25) is 0 Å². The van der Waals surface area contributed by atoms with Crippen LogP contribution in [0.3, 0.4) is 0 Å². The lowest BCUT2D eigenvalue weighted by Gasteiger charge is -1.89. The summed E-state index contributed by atoms with van der Waals surface area (Å²) in [5.74, 6) is 0. The molecule has 0 fully saturated rings. The smallest absolute Gasteiger partial charge is 0.210 e. The molecule has 1 aromatic rings. The van der Waals surface area contributed by atoms with Gasteiger partial charge in [-0.1, -0.05) is 0 Å². The number of nitriles is 1. The predicted molar refractivity (Wildman–Crippen MR) is 31.3 cm³/mol. The molecule has 4 heteroatoms. The topological polar surface area (TPSA) is 49.6 Å². The molecule has 0 radical (unpaired) electrons. The predicted octanol–water partition coefficient (Wildman–Crippen LogP) is 0.682. The highest BCUT2D eigenvalue weighted by atomic mass is 19.1. The maximum atomic E-state index is 12.0. The average Bonchev–Trinajstić information content (AvgIpc) is 1.95. The lowest BCUT2D eigenvalue weighted by atomic mass is 10.3. The summed E-state index contributed by atoms with van der Waals surface area (Å²) in [6.45, 7) is 0. The van der Waals surface area contributed by atoms with Gasteiger partial charge in [-0.05, 0) is 0 Å². The van der Waals surface area contributed by atoms with E-state index in [2.05, 4.69) is 9.97 Å². The standard InChI is InChI=1S/C6H4FN3/c7-6-9-3-5(1-2-8)4-10-6/h3-4H,1H2. The molecule has 0 aliphatic heterocycles. The Morgan fingerprint density at radius 2 is 2.10 bits per heavy atom. The van der Waals surface area contributed by atoms with Crippen molar-refractivity contribution in [1.82, 2.24) is 9.97 Å². The highest BCUT2D eigenvalue weighted by Gasteiger charge is 1.93. The highest BCUT2D eigenvalue weighted by molar-refractivity contribution is 5.07. The third-order valence-corrected chi connectivity index (χ3v) is 0.957. The van der Waals surface area contributed by atoms with Crippen molar-refractivity contribution in [3.63, 3.8) is 0 Å². The average molecular weight is 137 g/mol. The van der Waals surface area contributed by atoms with Crippen LogP contribution in [-0.4, -0.2) is 9.97 Å². The van der Waals surface area contributed by atoms with Crippen molar-refractivity contribution in [2.75, 3.05) is 0 Å². The molecule has 0 N–H and O–H groups in total. The number of aromatic nitrogens is 2. The van der Waals surface area contributed by atoms with Crippen LogP contribution < -0.4 is 0 Å². The number of halogens is 1. The molecule has 0 spiro atoms. The molecule has 1 rings (SSSR count). The Morgan fingerprint density at radius 1 is 1.50 bits per heavy atom. The molecule has 0 atom stereocenters. The van der Waals surface area contributed by atoms with Gasteiger partial charge >= 0.3 is 6.08 Å². The largest absolute Gasteiger partial charge is 0.308 e. The first-order chi connectivity index (χ1) is 4.83. The first kappa shape index (κ1) is 6.62. The first-order valence-electron chi connectivity index (χ1n) is 2.66. The molecule has 0 bridgehead atoms. The molecule has 0 amide bonds. The van der Waals surface area contributed by atoms with E-state index in [9.17, 15) is 4.39 Å². The van der Waals surface area contributed by atoms with Gasteiger partial charge in [0.05, 0.1) is 12.5 Å². The van der Waals surface area contributed by atoms with E-state index in [0.29, 0.717) is 5.56 Å². The van der Waals surface area contributed by atoms with E-state index in [1.807, 2.05) is 6.07 Å². The van der Waals surface area contributed by atoms with E-state index in [1.165, 1.54) is 12.4 Å². The van der Waals surface area contributed by atoms with Crippen molar-refractivity contribution < 1.29 is 4.39 Å². The van der Waals surface area contributed by atoms with Gasteiger partial charge in [-0.25, -0.2) is 9.97 Å². The minimum atomic E-state index is -0.762. The zero-order chi connectivity index (χ0) is 7.40. The van der Waals surface area contributed by atoms with Crippen LogP contribution in [-0.2, 0) is 6.42 Å². The van der Waals surface area contributed by atoms with Crippen molar-refractivity contribution in [3.8, 4) is 6.07 Å². The fraction of sp³-hybridized carbons (Fsp3) is 0.167. The Morgan fingerprint density at radius 3 is 2.60 bits per heavy atom. The van der Waals surface area contributed by atoms with Crippen molar-refractivity contribution >= 4 is 0 Å². The monoisotopic (exact) mass is 137 g/mol. The number of nitrogens with zero attached hydrogens (tertiary/aromatic N) is 3. The van der Waals surface area contributed by atoms with Crippen LogP contribution in [0.1, 0.15) is 5.56 Å². The van der Waals surface area contributed by atoms with Crippen LogP contribution >= 0.6 is 0 Å². The van der Waals surface area contributed by atoms with Gasteiger partial charge in [0, 0.05) is 18.0 Å². The number of hydrogen-bond donors (Lipinski definition) is 0. The van der Waals surface area contributed by atoms with E-state index in [-0.39, 0.29) is 6.42 Å². The summed E-state index contributed by atoms with van der Waals surface area (Å²) in [5.41, 5.74) is 0.629. The summed E-state index contributed by atoms with van der Waals surface area (Å²) in [4.78, 5) is 6.54. The van der Waals surface area contributed by atoms with Gasteiger partial charge in [0.1, 0.15) is 0 Å².